The number of fused-ring (bicyclic) bond motifs is 20. The molecule has 0 N–H and O–H groups in total. The minimum atomic E-state index is -0.142. The van der Waals surface area contributed by atoms with Gasteiger partial charge in [-0.1, -0.05) is 198 Å². The molecule has 13 aromatic carbocycles. The van der Waals surface area contributed by atoms with Crippen molar-refractivity contribution in [3.8, 4) is 22.3 Å². The molecule has 81 heavy (non-hydrogen) atoms. The van der Waals surface area contributed by atoms with Crippen molar-refractivity contribution in [2.45, 2.75) is 51.4 Å². The first-order chi connectivity index (χ1) is 39.7. The summed E-state index contributed by atoms with van der Waals surface area (Å²) in [5, 5.41) is 15.3. The number of rotatable bonds is 6. The lowest BCUT2D eigenvalue weighted by Crippen LogP contribution is -2.16. The van der Waals surface area contributed by atoms with E-state index in [1.54, 1.807) is 0 Å². The fourth-order valence-corrected chi connectivity index (χ4v) is 16.1. The predicted octanol–water partition coefficient (Wildman–Crippen LogP) is 22.3. The van der Waals surface area contributed by atoms with Gasteiger partial charge in [-0.15, -0.1) is 11.3 Å². The molecule has 384 valence electrons. The molecule has 1 aromatic heterocycles. The molecule has 0 bridgehead atoms. The molecule has 0 saturated heterocycles. The van der Waals surface area contributed by atoms with Gasteiger partial charge in [-0.3, -0.25) is 0 Å². The van der Waals surface area contributed by atoms with Crippen molar-refractivity contribution in [1.82, 2.24) is 0 Å². The van der Waals surface area contributed by atoms with E-state index in [9.17, 15) is 0 Å². The first-order valence-electron chi connectivity index (χ1n) is 28.7. The molecule has 0 aliphatic heterocycles. The Morgan fingerprint density at radius 1 is 0.346 bits per heavy atom. The fraction of sp³-hybridized carbons (Fsp3) is 0.103. The van der Waals surface area contributed by atoms with Crippen LogP contribution in [0, 0.1) is 0 Å². The van der Waals surface area contributed by atoms with Crippen LogP contribution in [0.2, 0.25) is 0 Å². The molecule has 0 atom stereocenters. The first kappa shape index (κ1) is 46.6. The number of benzene rings is 13. The summed E-state index contributed by atoms with van der Waals surface area (Å²) in [4.78, 5) is 5.00. The largest absolute Gasteiger partial charge is 0.310 e. The summed E-state index contributed by atoms with van der Waals surface area (Å²) in [6, 6.07) is 87.9. The van der Waals surface area contributed by atoms with Crippen LogP contribution in [0.5, 0.6) is 0 Å². The highest BCUT2D eigenvalue weighted by molar-refractivity contribution is 7.27. The summed E-state index contributed by atoms with van der Waals surface area (Å²) < 4.78 is 2.59. The van der Waals surface area contributed by atoms with Crippen LogP contribution in [0.4, 0.5) is 34.1 Å². The summed E-state index contributed by atoms with van der Waals surface area (Å²) >= 11 is 1.93. The zero-order valence-electron chi connectivity index (χ0n) is 45.8. The van der Waals surface area contributed by atoms with Crippen molar-refractivity contribution in [2.24, 2.45) is 0 Å². The molecule has 1 heterocycles. The van der Waals surface area contributed by atoms with Crippen LogP contribution in [-0.4, -0.2) is 0 Å². The Balaban J connectivity index is 0.848. The third-order valence-corrected chi connectivity index (χ3v) is 20.0. The molecule has 0 saturated carbocycles. The molecular weight excluding hydrogens is 997 g/mol. The maximum Gasteiger partial charge on any atom is 0.0476 e. The number of anilines is 6. The number of hydrogen-bond acceptors (Lipinski definition) is 3. The molecule has 0 unspecified atom stereocenters. The number of aryl methyl sites for hydroxylation is 1. The van der Waals surface area contributed by atoms with Crippen LogP contribution in [-0.2, 0) is 17.3 Å². The van der Waals surface area contributed by atoms with Crippen LogP contribution in [0.1, 0.15) is 67.5 Å². The average Bonchev–Trinajstić information content (AvgIpc) is 4.19. The van der Waals surface area contributed by atoms with E-state index in [0.29, 0.717) is 0 Å². The van der Waals surface area contributed by atoms with Crippen LogP contribution in [0.15, 0.2) is 237 Å². The zero-order chi connectivity index (χ0) is 53.9. The van der Waals surface area contributed by atoms with Gasteiger partial charge in [0.1, 0.15) is 0 Å². The number of thiophene rings is 1. The quantitative estimate of drug-likeness (QED) is 0.153. The van der Waals surface area contributed by atoms with Crippen LogP contribution >= 0.6 is 11.3 Å². The van der Waals surface area contributed by atoms with Crippen molar-refractivity contribution in [3.63, 3.8) is 0 Å². The topological polar surface area (TPSA) is 6.48 Å². The molecule has 2 nitrogen and oxygen atoms in total. The standard InChI is InChI=1S/C78H56N2S/c1-77(2)70-23-13-11-20-62(70)64-37-31-54(44-72(64)77)79(51-29-35-59-49(41-51)27-25-47-15-5-7-17-57(47)59)53-33-39-67-69(43-53)61-19-9-10-22-66(61)75-68-40-34-56(46-74(68)81-76(67)75)80(52-30-36-60-50(42-52)28-26-48-16-6-8-18-58(48)60)55-32-38-65-63-21-12-14-24-71(63)78(3,4)73(65)45-55/h5,7-15,17-46H,6,16H2,1-4H3. The minimum Gasteiger partial charge on any atom is -0.310 e. The molecular formula is C78H56N2S. The van der Waals surface area contributed by atoms with Crippen LogP contribution in [0.3, 0.4) is 0 Å². The van der Waals surface area contributed by atoms with Gasteiger partial charge in [-0.2, -0.15) is 0 Å². The zero-order valence-corrected chi connectivity index (χ0v) is 46.6. The summed E-state index contributed by atoms with van der Waals surface area (Å²) in [5.41, 5.74) is 20.2. The first-order valence-corrected chi connectivity index (χ1v) is 29.5. The molecule has 14 aromatic rings. The van der Waals surface area contributed by atoms with Crippen molar-refractivity contribution >= 4 is 126 Å². The second kappa shape index (κ2) is 17.1. The van der Waals surface area contributed by atoms with Gasteiger partial charge in [-0.25, -0.2) is 0 Å². The molecule has 3 aliphatic carbocycles. The molecule has 0 spiro atoms. The molecule has 0 fully saturated rings. The van der Waals surface area contributed by atoms with Crippen molar-refractivity contribution in [1.29, 1.82) is 0 Å². The average molecular weight is 1050 g/mol. The minimum absolute atomic E-state index is 0.133. The van der Waals surface area contributed by atoms with Gasteiger partial charge in [0.15, 0.2) is 0 Å². The van der Waals surface area contributed by atoms with E-state index >= 15 is 0 Å². The number of hydrogen-bond donors (Lipinski definition) is 0. The smallest absolute Gasteiger partial charge is 0.0476 e. The van der Waals surface area contributed by atoms with Crippen LogP contribution in [0.25, 0.3) is 102 Å². The number of allylic oxidation sites excluding steroid dienone is 1. The van der Waals surface area contributed by atoms with Gasteiger partial charge in [0.2, 0.25) is 0 Å². The lowest BCUT2D eigenvalue weighted by atomic mass is 9.82. The van der Waals surface area contributed by atoms with E-state index in [-0.39, 0.29) is 10.8 Å². The Morgan fingerprint density at radius 2 is 0.827 bits per heavy atom. The van der Waals surface area contributed by atoms with Crippen LogP contribution < -0.4 is 9.80 Å². The lowest BCUT2D eigenvalue weighted by Gasteiger charge is -2.29. The van der Waals surface area contributed by atoms with E-state index in [1.165, 1.54) is 130 Å². The highest BCUT2D eigenvalue weighted by atomic mass is 32.1. The molecule has 3 aliphatic rings. The van der Waals surface area contributed by atoms with Crippen molar-refractivity contribution in [3.05, 3.63) is 270 Å². The molecule has 17 rings (SSSR count). The maximum absolute atomic E-state index is 2.50. The molecule has 0 radical (unpaired) electrons. The van der Waals surface area contributed by atoms with E-state index in [2.05, 4.69) is 280 Å². The maximum atomic E-state index is 2.50. The Bertz CT molecular complexity index is 5090. The van der Waals surface area contributed by atoms with Gasteiger partial charge in [-0.05, 0) is 190 Å². The SMILES string of the molecule is CC1(C)c2ccccc2-c2ccc(N(c3ccc4c5c(ccc4c3)CCC=C5)c3ccc4c(c3)sc3c5ccc(N(c6ccc7c(c6)C(C)(C)c6ccccc6-7)c6ccc7c(ccc8ccccc87)c6)cc5c5ccccc5c43)cc21. The van der Waals surface area contributed by atoms with Gasteiger partial charge >= 0.3 is 0 Å². The van der Waals surface area contributed by atoms with Gasteiger partial charge < -0.3 is 9.80 Å². The molecule has 3 heteroatoms. The van der Waals surface area contributed by atoms with Gasteiger partial charge in [0.25, 0.3) is 0 Å². The van der Waals surface area contributed by atoms with E-state index in [4.69, 9.17) is 0 Å². The van der Waals surface area contributed by atoms with Crippen molar-refractivity contribution < 1.29 is 0 Å². The Morgan fingerprint density at radius 3 is 1.52 bits per heavy atom. The van der Waals surface area contributed by atoms with E-state index in [1.807, 2.05) is 11.3 Å². The fourth-order valence-electron chi connectivity index (χ4n) is 14.8. The van der Waals surface area contributed by atoms with E-state index < -0.39 is 0 Å². The monoisotopic (exact) mass is 1050 g/mol. The highest BCUT2D eigenvalue weighted by Crippen LogP contribution is 2.54. The Kier molecular flexibility index (Phi) is 9.85. The second-order valence-corrected chi connectivity index (χ2v) is 25.0. The summed E-state index contributed by atoms with van der Waals surface area (Å²) in [7, 11) is 0. The van der Waals surface area contributed by atoms with Gasteiger partial charge in [0, 0.05) is 70.5 Å². The Labute approximate surface area is 476 Å². The third-order valence-electron chi connectivity index (χ3n) is 18.8. The second-order valence-electron chi connectivity index (χ2n) is 23.9. The normalized spacial score (nSPS) is 14.5. The summed E-state index contributed by atoms with van der Waals surface area (Å²) in [6.07, 6.45) is 6.85. The Hall–Kier alpha value is -9.28. The predicted molar refractivity (Wildman–Crippen MR) is 349 cm³/mol. The summed E-state index contributed by atoms with van der Waals surface area (Å²) in [5.74, 6) is 0. The van der Waals surface area contributed by atoms with Crippen molar-refractivity contribution in [2.75, 3.05) is 9.80 Å². The third kappa shape index (κ3) is 6.79. The van der Waals surface area contributed by atoms with Gasteiger partial charge in [0.05, 0.1) is 0 Å². The molecule has 0 amide bonds. The highest BCUT2D eigenvalue weighted by Gasteiger charge is 2.37. The number of nitrogens with zero attached hydrogens (tertiary/aromatic N) is 2. The summed E-state index contributed by atoms with van der Waals surface area (Å²) in [6.45, 7) is 9.53. The van der Waals surface area contributed by atoms with E-state index in [0.717, 1.165) is 47.0 Å². The lowest BCUT2D eigenvalue weighted by molar-refractivity contribution is 0.660.